The lowest BCUT2D eigenvalue weighted by Crippen LogP contribution is -2.60. The Morgan fingerprint density at radius 2 is 1.00 bits per heavy atom. The molecule has 0 spiro atoms. The number of carbonyl (C=O) groups excluding carboxylic acids is 2. The number of carbonyl (C=O) groups is 2. The van der Waals surface area contributed by atoms with Crippen molar-refractivity contribution in [1.82, 2.24) is 5.32 Å². The first-order valence-electron chi connectivity index (χ1n) is 26.8. The summed E-state index contributed by atoms with van der Waals surface area (Å²) >= 11 is 0. The van der Waals surface area contributed by atoms with Crippen LogP contribution >= 0.6 is 0 Å². The smallest absolute Gasteiger partial charge is 0.305 e. The first kappa shape index (κ1) is 60.9. The number of unbranched alkanes of at least 4 members (excludes halogenated alkanes) is 27. The molecule has 0 saturated carbocycles. The van der Waals surface area contributed by atoms with Crippen LogP contribution < -0.4 is 5.32 Å². The molecule has 0 aliphatic carbocycles. The van der Waals surface area contributed by atoms with Crippen molar-refractivity contribution in [1.29, 1.82) is 0 Å². The molecule has 6 N–H and O–H groups in total. The molecule has 11 nitrogen and oxygen atoms in total. The summed E-state index contributed by atoms with van der Waals surface area (Å²) < 4.78 is 16.6. The van der Waals surface area contributed by atoms with E-state index >= 15 is 0 Å². The van der Waals surface area contributed by atoms with Gasteiger partial charge in [0.2, 0.25) is 5.91 Å². The summed E-state index contributed by atoms with van der Waals surface area (Å²) in [5.74, 6) is -0.248. The van der Waals surface area contributed by atoms with Crippen LogP contribution in [0, 0.1) is 0 Å². The van der Waals surface area contributed by atoms with Gasteiger partial charge in [-0.3, -0.25) is 9.59 Å². The highest BCUT2D eigenvalue weighted by molar-refractivity contribution is 5.76. The van der Waals surface area contributed by atoms with E-state index in [1.54, 1.807) is 6.08 Å². The monoisotopic (exact) mass is 922 g/mol. The lowest BCUT2D eigenvalue weighted by molar-refractivity contribution is -0.302. The Hall–Kier alpha value is -2.12. The lowest BCUT2D eigenvalue weighted by Gasteiger charge is -2.40. The van der Waals surface area contributed by atoms with Crippen molar-refractivity contribution in [2.24, 2.45) is 0 Å². The SMILES string of the molecule is CCCCCC/C=C/CC/C=C/CC/C=C/C(O)C(COC1OC(CO)C(O)C(O)C1O)NC(=O)CCCCCCCCCCCCCCOC(=O)CCCCCCCCCCCCC. The Kier molecular flexibility index (Phi) is 41.6. The normalized spacial score (nSPS) is 20.0. The average molecular weight is 922 g/mol. The van der Waals surface area contributed by atoms with E-state index in [4.69, 9.17) is 14.2 Å². The van der Waals surface area contributed by atoms with Crippen LogP contribution in [0.4, 0.5) is 0 Å². The van der Waals surface area contributed by atoms with Gasteiger partial charge in [-0.1, -0.05) is 198 Å². The van der Waals surface area contributed by atoms with Crippen molar-refractivity contribution in [2.45, 2.75) is 275 Å². The van der Waals surface area contributed by atoms with E-state index in [2.05, 4.69) is 43.5 Å². The van der Waals surface area contributed by atoms with Crippen molar-refractivity contribution in [3.63, 3.8) is 0 Å². The third-order valence-corrected chi connectivity index (χ3v) is 12.5. The molecular formula is C54H99NO10. The molecule has 1 saturated heterocycles. The van der Waals surface area contributed by atoms with Crippen molar-refractivity contribution >= 4 is 11.9 Å². The summed E-state index contributed by atoms with van der Waals surface area (Å²) in [5.41, 5.74) is 0. The van der Waals surface area contributed by atoms with E-state index in [1.165, 1.54) is 122 Å². The third-order valence-electron chi connectivity index (χ3n) is 12.5. The number of aliphatic hydroxyl groups is 5. The predicted molar refractivity (Wildman–Crippen MR) is 264 cm³/mol. The highest BCUT2D eigenvalue weighted by Crippen LogP contribution is 2.23. The largest absolute Gasteiger partial charge is 0.466 e. The fourth-order valence-electron chi connectivity index (χ4n) is 8.17. The quantitative estimate of drug-likeness (QED) is 0.0196. The molecule has 1 heterocycles. The van der Waals surface area contributed by atoms with Gasteiger partial charge in [0.25, 0.3) is 0 Å². The maximum absolute atomic E-state index is 13.0. The second-order valence-corrected chi connectivity index (χ2v) is 18.6. The molecule has 65 heavy (non-hydrogen) atoms. The summed E-state index contributed by atoms with van der Waals surface area (Å²) in [6.07, 6.45) is 42.1. The van der Waals surface area contributed by atoms with Gasteiger partial charge in [-0.2, -0.15) is 0 Å². The third kappa shape index (κ3) is 34.8. The number of hydrogen-bond acceptors (Lipinski definition) is 10. The zero-order chi connectivity index (χ0) is 47.4. The molecule has 1 amide bonds. The van der Waals surface area contributed by atoms with Crippen LogP contribution in [0.5, 0.6) is 0 Å². The molecule has 1 rings (SSSR count). The van der Waals surface area contributed by atoms with E-state index < -0.39 is 49.5 Å². The van der Waals surface area contributed by atoms with E-state index in [9.17, 15) is 35.1 Å². The summed E-state index contributed by atoms with van der Waals surface area (Å²) in [6.45, 7) is 4.23. The standard InChI is InChI=1S/C54H99NO10/c1-3-5-7-9-11-13-15-16-17-21-24-28-32-36-40-47(57)46(45-64-54-53(62)52(61)51(60)48(44-56)65-54)55-49(58)41-37-33-29-25-22-18-19-23-27-31-35-39-43-63-50(59)42-38-34-30-26-20-14-12-10-8-6-4-2/h13,15,21,24,36,40,46-48,51-54,56-57,60-62H,3-12,14,16-20,22-23,25-35,37-39,41-45H2,1-2H3,(H,55,58)/b15-13+,24-21+,40-36+. The van der Waals surface area contributed by atoms with Crippen LogP contribution in [-0.2, 0) is 23.8 Å². The van der Waals surface area contributed by atoms with Crippen LogP contribution in [0.3, 0.4) is 0 Å². The highest BCUT2D eigenvalue weighted by atomic mass is 16.7. The zero-order valence-corrected chi connectivity index (χ0v) is 41.4. The summed E-state index contributed by atoms with van der Waals surface area (Å²) in [6, 6.07) is -0.845. The topological polar surface area (TPSA) is 175 Å². The van der Waals surface area contributed by atoms with E-state index in [-0.39, 0.29) is 18.5 Å². The molecule has 1 fully saturated rings. The van der Waals surface area contributed by atoms with E-state index in [0.717, 1.165) is 77.0 Å². The Morgan fingerprint density at radius 3 is 1.52 bits per heavy atom. The molecule has 0 radical (unpaired) electrons. The molecule has 7 unspecified atom stereocenters. The van der Waals surface area contributed by atoms with Gasteiger partial charge in [-0.25, -0.2) is 0 Å². The summed E-state index contributed by atoms with van der Waals surface area (Å²) in [4.78, 5) is 25.0. The van der Waals surface area contributed by atoms with Gasteiger partial charge in [-0.05, 0) is 57.8 Å². The number of ether oxygens (including phenoxy) is 3. The summed E-state index contributed by atoms with van der Waals surface area (Å²) in [7, 11) is 0. The predicted octanol–water partition coefficient (Wildman–Crippen LogP) is 11.2. The van der Waals surface area contributed by atoms with Gasteiger partial charge in [0.05, 0.1) is 32.0 Å². The first-order chi connectivity index (χ1) is 31.7. The van der Waals surface area contributed by atoms with Crippen LogP contribution in [0.25, 0.3) is 0 Å². The van der Waals surface area contributed by atoms with Crippen molar-refractivity contribution < 1.29 is 49.3 Å². The number of aliphatic hydroxyl groups excluding tert-OH is 5. The Labute approximate surface area is 396 Å². The maximum Gasteiger partial charge on any atom is 0.305 e. The van der Waals surface area contributed by atoms with Gasteiger partial charge < -0.3 is 45.1 Å². The van der Waals surface area contributed by atoms with Crippen molar-refractivity contribution in [3.8, 4) is 0 Å². The number of esters is 1. The Balaban J connectivity index is 2.22. The first-order valence-corrected chi connectivity index (χ1v) is 26.8. The Bertz CT molecular complexity index is 1180. The molecular weight excluding hydrogens is 823 g/mol. The van der Waals surface area contributed by atoms with Gasteiger partial charge in [0.15, 0.2) is 6.29 Å². The van der Waals surface area contributed by atoms with Crippen molar-refractivity contribution in [3.05, 3.63) is 36.5 Å². The molecule has 1 aliphatic rings. The minimum absolute atomic E-state index is 0.0358. The molecule has 7 atom stereocenters. The van der Waals surface area contributed by atoms with Crippen molar-refractivity contribution in [2.75, 3.05) is 19.8 Å². The fourth-order valence-corrected chi connectivity index (χ4v) is 8.17. The Morgan fingerprint density at radius 1 is 0.554 bits per heavy atom. The minimum Gasteiger partial charge on any atom is -0.466 e. The van der Waals surface area contributed by atoms with Gasteiger partial charge in [-0.15, -0.1) is 0 Å². The maximum atomic E-state index is 13.0. The number of allylic oxidation sites excluding steroid dienone is 5. The van der Waals surface area contributed by atoms with Crippen LogP contribution in [0.2, 0.25) is 0 Å². The fraction of sp³-hybridized carbons (Fsp3) is 0.852. The van der Waals surface area contributed by atoms with Crippen LogP contribution in [0.1, 0.15) is 232 Å². The molecule has 380 valence electrons. The average Bonchev–Trinajstić information content (AvgIpc) is 3.30. The minimum atomic E-state index is -1.59. The second kappa shape index (κ2) is 44.4. The molecule has 0 aromatic heterocycles. The molecule has 0 aromatic carbocycles. The summed E-state index contributed by atoms with van der Waals surface area (Å²) in [5, 5.41) is 54.2. The van der Waals surface area contributed by atoms with Gasteiger partial charge in [0, 0.05) is 12.8 Å². The number of rotatable bonds is 45. The molecule has 11 heteroatoms. The number of hydrogen-bond donors (Lipinski definition) is 6. The molecule has 1 aliphatic heterocycles. The lowest BCUT2D eigenvalue weighted by atomic mass is 9.99. The van der Waals surface area contributed by atoms with Crippen LogP contribution in [-0.4, -0.2) is 100 Å². The zero-order valence-electron chi connectivity index (χ0n) is 41.4. The second-order valence-electron chi connectivity index (χ2n) is 18.6. The number of nitrogens with one attached hydrogen (secondary N) is 1. The van der Waals surface area contributed by atoms with Gasteiger partial charge >= 0.3 is 5.97 Å². The van der Waals surface area contributed by atoms with Crippen LogP contribution in [0.15, 0.2) is 36.5 Å². The van der Waals surface area contributed by atoms with Gasteiger partial charge in [0.1, 0.15) is 24.4 Å². The number of amides is 1. The molecule has 0 bridgehead atoms. The molecule has 0 aromatic rings. The van der Waals surface area contributed by atoms with E-state index in [1.807, 2.05) is 6.08 Å². The van der Waals surface area contributed by atoms with E-state index in [0.29, 0.717) is 25.9 Å². The highest BCUT2D eigenvalue weighted by Gasteiger charge is 2.44.